The molecule has 3 unspecified atom stereocenters. The number of sulfonamides is 1. The number of carbonyl (C=O) groups is 1. The zero-order valence-corrected chi connectivity index (χ0v) is 11.9. The van der Waals surface area contributed by atoms with Gasteiger partial charge in [0.15, 0.2) is 0 Å². The van der Waals surface area contributed by atoms with Crippen LogP contribution in [0.3, 0.4) is 0 Å². The maximum Gasteiger partial charge on any atom is 0.516 e. The van der Waals surface area contributed by atoms with E-state index >= 15 is 0 Å². The number of halogens is 4. The molecule has 2 heterocycles. The summed E-state index contributed by atoms with van der Waals surface area (Å²) in [6.07, 6.45) is -0.843. The Morgan fingerprint density at radius 1 is 1.50 bits per heavy atom. The molecule has 2 bridgehead atoms. The van der Waals surface area contributed by atoms with Crippen molar-refractivity contribution in [3.63, 3.8) is 0 Å². The normalized spacial score (nSPS) is 30.4. The van der Waals surface area contributed by atoms with Crippen LogP contribution in [0, 0.1) is 17.2 Å². The number of carbonyl (C=O) groups excluding carboxylic acids is 1. The van der Waals surface area contributed by atoms with Crippen molar-refractivity contribution in [2.45, 2.75) is 23.0 Å². The molecule has 6 nitrogen and oxygen atoms in total. The molecular formula is C9H6BrF3N2O4S. The third kappa shape index (κ3) is 2.16. The summed E-state index contributed by atoms with van der Waals surface area (Å²) in [5, 5.41) is 8.85. The maximum atomic E-state index is 12.7. The van der Waals surface area contributed by atoms with Gasteiger partial charge in [0, 0.05) is 5.92 Å². The predicted molar refractivity (Wildman–Crippen MR) is 61.2 cm³/mol. The van der Waals surface area contributed by atoms with Gasteiger partial charge in [-0.1, -0.05) is 15.9 Å². The van der Waals surface area contributed by atoms with Gasteiger partial charge >= 0.3 is 21.5 Å². The van der Waals surface area contributed by atoms with Crippen molar-refractivity contribution in [2.75, 3.05) is 0 Å². The van der Waals surface area contributed by atoms with Gasteiger partial charge in [0.05, 0.1) is 11.2 Å². The van der Waals surface area contributed by atoms with Crippen LogP contribution in [0.5, 0.6) is 0 Å². The quantitative estimate of drug-likeness (QED) is 0.508. The smallest absolute Gasteiger partial charge is 0.439 e. The van der Waals surface area contributed by atoms with E-state index in [-0.39, 0.29) is 10.7 Å². The van der Waals surface area contributed by atoms with Crippen molar-refractivity contribution in [1.29, 1.82) is 5.26 Å². The van der Waals surface area contributed by atoms with E-state index in [1.54, 1.807) is 0 Å². The maximum absolute atomic E-state index is 12.7. The first kappa shape index (κ1) is 15.1. The molecule has 0 saturated carbocycles. The van der Waals surface area contributed by atoms with Gasteiger partial charge in [-0.15, -0.1) is 0 Å². The minimum atomic E-state index is -5.83. The first-order valence-corrected chi connectivity index (χ1v) is 7.51. The topological polar surface area (TPSA) is 87.5 Å². The van der Waals surface area contributed by atoms with Crippen LogP contribution in [0.2, 0.25) is 0 Å². The summed E-state index contributed by atoms with van der Waals surface area (Å²) < 4.78 is 65.5. The summed E-state index contributed by atoms with van der Waals surface area (Å²) in [5.74, 6) is -1.43. The molecule has 0 N–H and O–H groups in total. The van der Waals surface area contributed by atoms with Gasteiger partial charge in [-0.2, -0.15) is 26.9 Å². The average Bonchev–Trinajstić information content (AvgIpc) is 2.29. The van der Waals surface area contributed by atoms with E-state index in [9.17, 15) is 26.4 Å². The molecule has 110 valence electrons. The summed E-state index contributed by atoms with van der Waals surface area (Å²) >= 11 is 3.01. The number of alkyl halides is 4. The highest BCUT2D eigenvalue weighted by Gasteiger charge is 2.58. The number of nitriles is 1. The van der Waals surface area contributed by atoms with E-state index in [0.29, 0.717) is 0 Å². The van der Waals surface area contributed by atoms with Crippen molar-refractivity contribution < 1.29 is 31.1 Å². The number of nitrogens with zero attached hydrogens (tertiary/aromatic N) is 2. The van der Waals surface area contributed by atoms with E-state index in [0.717, 1.165) is 6.08 Å². The zero-order valence-electron chi connectivity index (χ0n) is 9.46. The van der Waals surface area contributed by atoms with Crippen LogP contribution in [-0.2, 0) is 19.6 Å². The lowest BCUT2D eigenvalue weighted by atomic mass is 9.94. The fourth-order valence-electron chi connectivity index (χ4n) is 1.97. The SMILES string of the molecule is N#CC1=CC2CC(=O)OC(C2Br)N1S(=O)(=O)C(F)(F)F. The van der Waals surface area contributed by atoms with Crippen LogP contribution in [0.1, 0.15) is 6.42 Å². The van der Waals surface area contributed by atoms with E-state index in [4.69, 9.17) is 5.26 Å². The monoisotopic (exact) mass is 374 g/mol. The van der Waals surface area contributed by atoms with Crippen molar-refractivity contribution in [3.05, 3.63) is 11.8 Å². The second kappa shape index (κ2) is 4.63. The molecule has 2 aliphatic heterocycles. The first-order chi connectivity index (χ1) is 9.09. The molecule has 2 rings (SSSR count). The summed E-state index contributed by atoms with van der Waals surface area (Å²) in [7, 11) is -5.83. The molecule has 0 aliphatic carbocycles. The molecular weight excluding hydrogens is 369 g/mol. The van der Waals surface area contributed by atoms with E-state index < -0.39 is 44.2 Å². The predicted octanol–water partition coefficient (Wildman–Crippen LogP) is 1.21. The highest BCUT2D eigenvalue weighted by atomic mass is 79.9. The fraction of sp³-hybridized carbons (Fsp3) is 0.556. The van der Waals surface area contributed by atoms with Gasteiger partial charge in [-0.25, -0.2) is 4.31 Å². The van der Waals surface area contributed by atoms with Gasteiger partial charge < -0.3 is 4.74 Å². The molecule has 2 aliphatic rings. The number of ether oxygens (including phenoxy) is 1. The molecule has 0 aromatic rings. The summed E-state index contributed by atoms with van der Waals surface area (Å²) in [4.78, 5) is 10.4. The number of rotatable bonds is 1. The lowest BCUT2D eigenvalue weighted by Crippen LogP contribution is -2.57. The highest BCUT2D eigenvalue weighted by Crippen LogP contribution is 2.42. The van der Waals surface area contributed by atoms with Gasteiger partial charge in [-0.05, 0) is 6.08 Å². The van der Waals surface area contributed by atoms with Gasteiger partial charge in [0.1, 0.15) is 11.8 Å². The molecule has 3 atom stereocenters. The lowest BCUT2D eigenvalue weighted by molar-refractivity contribution is -0.162. The molecule has 0 spiro atoms. The Labute approximate surface area is 120 Å². The molecule has 11 heteroatoms. The summed E-state index contributed by atoms with van der Waals surface area (Å²) in [5.41, 5.74) is -6.31. The Kier molecular flexibility index (Phi) is 3.50. The van der Waals surface area contributed by atoms with Crippen molar-refractivity contribution in [3.8, 4) is 6.07 Å². The largest absolute Gasteiger partial charge is 0.516 e. The van der Waals surface area contributed by atoms with E-state index in [1.165, 1.54) is 6.07 Å². The number of esters is 1. The second-order valence-corrected chi connectivity index (χ2v) is 6.97. The van der Waals surface area contributed by atoms with Crippen molar-refractivity contribution in [1.82, 2.24) is 4.31 Å². The minimum Gasteiger partial charge on any atom is -0.439 e. The molecule has 1 fully saturated rings. The lowest BCUT2D eigenvalue weighted by Gasteiger charge is -2.42. The minimum absolute atomic E-state index is 0.141. The van der Waals surface area contributed by atoms with Crippen LogP contribution < -0.4 is 0 Å². The molecule has 20 heavy (non-hydrogen) atoms. The Balaban J connectivity index is 2.59. The fourth-order valence-corrected chi connectivity index (χ4v) is 3.84. The molecule has 1 saturated heterocycles. The number of fused-ring (bicyclic) bond motifs is 2. The summed E-state index contributed by atoms with van der Waals surface area (Å²) in [6.45, 7) is 0. The van der Waals surface area contributed by atoms with Gasteiger partial charge in [0.25, 0.3) is 0 Å². The number of hydrogen-bond acceptors (Lipinski definition) is 5. The second-order valence-electron chi connectivity index (χ2n) is 4.10. The first-order valence-electron chi connectivity index (χ1n) is 5.16. The Hall–Kier alpha value is -1.28. The highest BCUT2D eigenvalue weighted by molar-refractivity contribution is 9.09. The Bertz CT molecular complexity index is 624. The third-order valence-corrected chi connectivity index (χ3v) is 5.48. The average molecular weight is 375 g/mol. The van der Waals surface area contributed by atoms with E-state index in [1.807, 2.05) is 0 Å². The third-order valence-electron chi connectivity index (χ3n) is 2.84. The zero-order chi connectivity index (χ0) is 15.3. The molecule has 0 amide bonds. The standard InChI is InChI=1S/C9H6BrF3N2O4S/c10-7-4-1-5(3-14)15(8(7)19-6(16)2-4)20(17,18)9(11,12)13/h1,4,7-8H,2H2. The Morgan fingerprint density at radius 3 is 2.60 bits per heavy atom. The van der Waals surface area contributed by atoms with Crippen LogP contribution in [0.25, 0.3) is 0 Å². The van der Waals surface area contributed by atoms with Crippen LogP contribution in [0.4, 0.5) is 13.2 Å². The Morgan fingerprint density at radius 2 is 2.10 bits per heavy atom. The number of hydrogen-bond donors (Lipinski definition) is 0. The van der Waals surface area contributed by atoms with Crippen LogP contribution in [0.15, 0.2) is 11.8 Å². The van der Waals surface area contributed by atoms with Crippen molar-refractivity contribution in [2.24, 2.45) is 5.92 Å². The molecule has 0 aromatic heterocycles. The van der Waals surface area contributed by atoms with Gasteiger partial charge in [-0.3, -0.25) is 4.79 Å². The van der Waals surface area contributed by atoms with E-state index in [2.05, 4.69) is 20.7 Å². The van der Waals surface area contributed by atoms with Crippen LogP contribution in [-0.4, -0.2) is 35.3 Å². The van der Waals surface area contributed by atoms with Gasteiger partial charge in [0.2, 0.25) is 6.23 Å². The van der Waals surface area contributed by atoms with Crippen molar-refractivity contribution >= 4 is 31.9 Å². The summed E-state index contributed by atoms with van der Waals surface area (Å²) in [6, 6.07) is 1.39. The van der Waals surface area contributed by atoms with Crippen LogP contribution >= 0.6 is 15.9 Å². The molecule has 0 aromatic carbocycles. The number of allylic oxidation sites excluding steroid dienone is 2. The molecule has 0 radical (unpaired) electrons.